The van der Waals surface area contributed by atoms with Crippen molar-refractivity contribution in [1.82, 2.24) is 4.98 Å². The Morgan fingerprint density at radius 2 is 2.06 bits per heavy atom. The molecule has 2 rings (SSSR count). The molecule has 4 nitrogen and oxygen atoms in total. The third-order valence-corrected chi connectivity index (χ3v) is 2.18. The van der Waals surface area contributed by atoms with E-state index in [1.165, 1.54) is 0 Å². The second kappa shape index (κ2) is 4.54. The molecule has 0 aliphatic rings. The predicted molar refractivity (Wildman–Crippen MR) is 64.6 cm³/mol. The summed E-state index contributed by atoms with van der Waals surface area (Å²) in [6.45, 7) is 1.90. The molecule has 0 unspecified atom stereocenters. The standard InChI is InChI=1S/C13H11N3O/c1-9-2-3-12(8-16-9)17-13-5-10(7-14)4-11(15)6-13/h2-6,8H,15H2,1H3. The zero-order valence-electron chi connectivity index (χ0n) is 9.34. The van der Waals surface area contributed by atoms with Crippen molar-refractivity contribution in [2.45, 2.75) is 6.92 Å². The van der Waals surface area contributed by atoms with E-state index in [1.807, 2.05) is 25.1 Å². The van der Waals surface area contributed by atoms with Gasteiger partial charge in [0.25, 0.3) is 0 Å². The van der Waals surface area contributed by atoms with Crippen molar-refractivity contribution >= 4 is 5.69 Å². The number of nitriles is 1. The maximum Gasteiger partial charge on any atom is 0.145 e. The Bertz CT molecular complexity index is 570. The Morgan fingerprint density at radius 1 is 1.24 bits per heavy atom. The Morgan fingerprint density at radius 3 is 2.71 bits per heavy atom. The lowest BCUT2D eigenvalue weighted by Gasteiger charge is -2.06. The van der Waals surface area contributed by atoms with Gasteiger partial charge in [-0.15, -0.1) is 0 Å². The smallest absolute Gasteiger partial charge is 0.145 e. The molecule has 1 aromatic heterocycles. The van der Waals surface area contributed by atoms with Crippen molar-refractivity contribution in [1.29, 1.82) is 5.26 Å². The molecule has 0 atom stereocenters. The number of hydrogen-bond donors (Lipinski definition) is 1. The summed E-state index contributed by atoms with van der Waals surface area (Å²) in [7, 11) is 0. The predicted octanol–water partition coefficient (Wildman–Crippen LogP) is 2.64. The summed E-state index contributed by atoms with van der Waals surface area (Å²) in [6, 6.07) is 10.6. The zero-order chi connectivity index (χ0) is 12.3. The van der Waals surface area contributed by atoms with Gasteiger partial charge in [-0.05, 0) is 31.2 Å². The van der Waals surface area contributed by atoms with Gasteiger partial charge in [0.05, 0.1) is 17.8 Å². The SMILES string of the molecule is Cc1ccc(Oc2cc(N)cc(C#N)c2)cn1. The normalized spacial score (nSPS) is 9.65. The quantitative estimate of drug-likeness (QED) is 0.797. The molecule has 0 amide bonds. The maximum atomic E-state index is 8.82. The summed E-state index contributed by atoms with van der Waals surface area (Å²) in [5, 5.41) is 8.82. The van der Waals surface area contributed by atoms with Gasteiger partial charge in [-0.1, -0.05) is 0 Å². The number of hydrogen-bond acceptors (Lipinski definition) is 4. The lowest BCUT2D eigenvalue weighted by molar-refractivity contribution is 0.480. The fraction of sp³-hybridized carbons (Fsp3) is 0.0769. The van der Waals surface area contributed by atoms with Gasteiger partial charge in [-0.2, -0.15) is 5.26 Å². The van der Waals surface area contributed by atoms with Gasteiger partial charge >= 0.3 is 0 Å². The highest BCUT2D eigenvalue weighted by molar-refractivity contribution is 5.52. The largest absolute Gasteiger partial charge is 0.456 e. The van der Waals surface area contributed by atoms with Gasteiger partial charge < -0.3 is 10.5 Å². The van der Waals surface area contributed by atoms with Gasteiger partial charge in [0, 0.05) is 17.4 Å². The average Bonchev–Trinajstić information content (AvgIpc) is 2.31. The van der Waals surface area contributed by atoms with Crippen LogP contribution in [0.25, 0.3) is 0 Å². The number of pyridine rings is 1. The molecule has 1 aromatic carbocycles. The van der Waals surface area contributed by atoms with Gasteiger partial charge in [0.15, 0.2) is 0 Å². The highest BCUT2D eigenvalue weighted by Gasteiger charge is 2.01. The molecule has 2 aromatic rings. The molecule has 0 radical (unpaired) electrons. The molecule has 17 heavy (non-hydrogen) atoms. The second-order valence-corrected chi connectivity index (χ2v) is 3.64. The van der Waals surface area contributed by atoms with E-state index in [1.54, 1.807) is 24.4 Å². The van der Waals surface area contributed by atoms with Crippen molar-refractivity contribution in [3.8, 4) is 17.6 Å². The molecule has 4 heteroatoms. The molecule has 0 bridgehead atoms. The first-order valence-electron chi connectivity index (χ1n) is 5.08. The summed E-state index contributed by atoms with van der Waals surface area (Å²) in [4.78, 5) is 4.12. The summed E-state index contributed by atoms with van der Waals surface area (Å²) in [5.74, 6) is 1.15. The van der Waals surface area contributed by atoms with Crippen LogP contribution in [0, 0.1) is 18.3 Å². The van der Waals surface area contributed by atoms with Crippen molar-refractivity contribution in [2.24, 2.45) is 0 Å². The van der Waals surface area contributed by atoms with Crippen LogP contribution < -0.4 is 10.5 Å². The second-order valence-electron chi connectivity index (χ2n) is 3.64. The van der Waals surface area contributed by atoms with Gasteiger partial charge in [-0.3, -0.25) is 4.98 Å². The van der Waals surface area contributed by atoms with E-state index in [0.717, 1.165) is 5.69 Å². The number of benzene rings is 1. The number of nitrogen functional groups attached to an aromatic ring is 1. The van der Waals surface area contributed by atoms with Crippen molar-refractivity contribution in [3.05, 3.63) is 47.8 Å². The van der Waals surface area contributed by atoms with Crippen LogP contribution in [0.15, 0.2) is 36.5 Å². The topological polar surface area (TPSA) is 71.9 Å². The van der Waals surface area contributed by atoms with E-state index in [9.17, 15) is 0 Å². The summed E-state index contributed by atoms with van der Waals surface area (Å²) >= 11 is 0. The molecule has 0 spiro atoms. The Balaban J connectivity index is 2.27. The molecule has 0 fully saturated rings. The molecule has 84 valence electrons. The number of nitrogens with zero attached hydrogens (tertiary/aromatic N) is 2. The number of ether oxygens (including phenoxy) is 1. The van der Waals surface area contributed by atoms with E-state index < -0.39 is 0 Å². The lowest BCUT2D eigenvalue weighted by Crippen LogP contribution is -1.91. The van der Waals surface area contributed by atoms with Crippen molar-refractivity contribution in [2.75, 3.05) is 5.73 Å². The molecular weight excluding hydrogens is 214 g/mol. The van der Waals surface area contributed by atoms with Crippen LogP contribution in [0.2, 0.25) is 0 Å². The minimum Gasteiger partial charge on any atom is -0.456 e. The summed E-state index contributed by atoms with van der Waals surface area (Å²) < 4.78 is 5.56. The van der Waals surface area contributed by atoms with E-state index in [-0.39, 0.29) is 0 Å². The minimum absolute atomic E-state index is 0.472. The Labute approximate surface area is 99.3 Å². The van der Waals surface area contributed by atoms with Crippen LogP contribution in [0.1, 0.15) is 11.3 Å². The van der Waals surface area contributed by atoms with Crippen LogP contribution >= 0.6 is 0 Å². The molecule has 0 saturated carbocycles. The fourth-order valence-corrected chi connectivity index (χ4v) is 1.40. The highest BCUT2D eigenvalue weighted by Crippen LogP contribution is 2.24. The fourth-order valence-electron chi connectivity index (χ4n) is 1.40. The molecule has 0 aliphatic heterocycles. The van der Waals surface area contributed by atoms with Crippen LogP contribution in [-0.2, 0) is 0 Å². The summed E-state index contributed by atoms with van der Waals surface area (Å²) in [5.41, 5.74) is 7.56. The highest BCUT2D eigenvalue weighted by atomic mass is 16.5. The van der Waals surface area contributed by atoms with Crippen molar-refractivity contribution in [3.63, 3.8) is 0 Å². The van der Waals surface area contributed by atoms with Gasteiger partial charge in [0.1, 0.15) is 11.5 Å². The average molecular weight is 225 g/mol. The van der Waals surface area contributed by atoms with Gasteiger partial charge in [0.2, 0.25) is 0 Å². The van der Waals surface area contributed by atoms with Crippen LogP contribution in [-0.4, -0.2) is 4.98 Å². The van der Waals surface area contributed by atoms with E-state index >= 15 is 0 Å². The molecule has 1 heterocycles. The first-order chi connectivity index (χ1) is 8.17. The third-order valence-electron chi connectivity index (χ3n) is 2.18. The van der Waals surface area contributed by atoms with Crippen LogP contribution in [0.4, 0.5) is 5.69 Å². The number of anilines is 1. The monoisotopic (exact) mass is 225 g/mol. The molecular formula is C13H11N3O. The Hall–Kier alpha value is -2.54. The van der Waals surface area contributed by atoms with Gasteiger partial charge in [-0.25, -0.2) is 0 Å². The van der Waals surface area contributed by atoms with Crippen LogP contribution in [0.5, 0.6) is 11.5 Å². The number of rotatable bonds is 2. The van der Waals surface area contributed by atoms with E-state index in [2.05, 4.69) is 4.98 Å². The first-order valence-corrected chi connectivity index (χ1v) is 5.08. The third kappa shape index (κ3) is 2.73. The van der Waals surface area contributed by atoms with E-state index in [0.29, 0.717) is 22.7 Å². The number of aryl methyl sites for hydroxylation is 1. The molecule has 0 aliphatic carbocycles. The molecule has 0 saturated heterocycles. The number of aromatic nitrogens is 1. The van der Waals surface area contributed by atoms with E-state index in [4.69, 9.17) is 15.7 Å². The summed E-state index contributed by atoms with van der Waals surface area (Å²) in [6.07, 6.45) is 1.63. The Kier molecular flexibility index (Phi) is 2.93. The first kappa shape index (κ1) is 11.0. The minimum atomic E-state index is 0.472. The lowest BCUT2D eigenvalue weighted by atomic mass is 10.2. The van der Waals surface area contributed by atoms with Crippen LogP contribution in [0.3, 0.4) is 0 Å². The van der Waals surface area contributed by atoms with Crippen molar-refractivity contribution < 1.29 is 4.74 Å². The zero-order valence-corrected chi connectivity index (χ0v) is 9.34. The number of nitrogens with two attached hydrogens (primary N) is 1. The maximum absolute atomic E-state index is 8.82. The molecule has 2 N–H and O–H groups in total.